The number of fused-ring (bicyclic) bond motifs is 2. The highest BCUT2D eigenvalue weighted by atomic mass is 15.1. The summed E-state index contributed by atoms with van der Waals surface area (Å²) >= 11 is 0. The Labute approximate surface area is 118 Å². The molecule has 0 bridgehead atoms. The number of benzene rings is 2. The smallest absolute Gasteiger partial charge is 0.0574 e. The zero-order valence-corrected chi connectivity index (χ0v) is 11.0. The van der Waals surface area contributed by atoms with E-state index >= 15 is 0 Å². The lowest BCUT2D eigenvalue weighted by Gasteiger charge is -2.11. The van der Waals surface area contributed by atoms with Gasteiger partial charge >= 0.3 is 0 Å². The van der Waals surface area contributed by atoms with Gasteiger partial charge in [-0.25, -0.2) is 0 Å². The molecular formula is C17H15N3. The molecule has 3 heteroatoms. The van der Waals surface area contributed by atoms with Crippen molar-refractivity contribution in [3.63, 3.8) is 0 Å². The Morgan fingerprint density at radius 1 is 0.800 bits per heavy atom. The summed E-state index contributed by atoms with van der Waals surface area (Å²) in [4.78, 5) is 0. The summed E-state index contributed by atoms with van der Waals surface area (Å²) in [5.41, 5.74) is 2.53. The third-order valence-corrected chi connectivity index (χ3v) is 3.12. The first kappa shape index (κ1) is 12.4. The number of hydrogen-bond donors (Lipinski definition) is 1. The highest BCUT2D eigenvalue weighted by molar-refractivity contribution is 5.80. The van der Waals surface area contributed by atoms with Crippen molar-refractivity contribution >= 4 is 22.5 Å². The van der Waals surface area contributed by atoms with Crippen molar-refractivity contribution in [1.82, 2.24) is 10.2 Å². The maximum Gasteiger partial charge on any atom is 0.0574 e. The van der Waals surface area contributed by atoms with Crippen LogP contribution in [0.4, 0.5) is 5.69 Å². The van der Waals surface area contributed by atoms with Gasteiger partial charge < -0.3 is 5.32 Å². The summed E-state index contributed by atoms with van der Waals surface area (Å²) in [5.74, 6) is 0. The SMILES string of the molecule is C1=Cc2ccccc2NC1.c1ccc2cnncc2c1. The summed E-state index contributed by atoms with van der Waals surface area (Å²) in [7, 11) is 0. The van der Waals surface area contributed by atoms with Crippen LogP contribution in [0.15, 0.2) is 67.0 Å². The summed E-state index contributed by atoms with van der Waals surface area (Å²) in [6.45, 7) is 0.955. The average molecular weight is 261 g/mol. The van der Waals surface area contributed by atoms with Gasteiger partial charge in [0.1, 0.15) is 0 Å². The van der Waals surface area contributed by atoms with E-state index in [1.165, 1.54) is 11.3 Å². The Bertz CT molecular complexity index is 669. The van der Waals surface area contributed by atoms with Crippen molar-refractivity contribution in [2.75, 3.05) is 11.9 Å². The molecular weight excluding hydrogens is 246 g/mol. The molecule has 0 atom stereocenters. The van der Waals surface area contributed by atoms with Crippen LogP contribution < -0.4 is 5.32 Å². The van der Waals surface area contributed by atoms with E-state index in [0.29, 0.717) is 0 Å². The molecule has 1 aliphatic rings. The van der Waals surface area contributed by atoms with Crippen LogP contribution in [-0.2, 0) is 0 Å². The molecule has 4 rings (SSSR count). The number of aromatic nitrogens is 2. The zero-order chi connectivity index (χ0) is 13.6. The standard InChI is InChI=1S/C9H9N.C8H6N2/c1-2-6-9-8(4-1)5-3-7-10-9;1-2-4-8-6-10-9-5-7(8)3-1/h1-6,10H,7H2;1-6H. The van der Waals surface area contributed by atoms with Crippen LogP contribution in [0.5, 0.6) is 0 Å². The Morgan fingerprint density at radius 3 is 2.15 bits per heavy atom. The first-order valence-electron chi connectivity index (χ1n) is 6.58. The molecule has 0 spiro atoms. The van der Waals surface area contributed by atoms with Gasteiger partial charge in [-0.2, -0.15) is 10.2 Å². The van der Waals surface area contributed by atoms with Gasteiger partial charge in [0.15, 0.2) is 0 Å². The van der Waals surface area contributed by atoms with Crippen LogP contribution in [-0.4, -0.2) is 16.7 Å². The highest BCUT2D eigenvalue weighted by Crippen LogP contribution is 2.18. The van der Waals surface area contributed by atoms with Crippen molar-refractivity contribution < 1.29 is 0 Å². The van der Waals surface area contributed by atoms with Gasteiger partial charge in [0.25, 0.3) is 0 Å². The number of nitrogens with one attached hydrogen (secondary N) is 1. The van der Waals surface area contributed by atoms with E-state index in [-0.39, 0.29) is 0 Å². The minimum absolute atomic E-state index is 0.955. The molecule has 0 aliphatic carbocycles. The number of nitrogens with zero attached hydrogens (tertiary/aromatic N) is 2. The zero-order valence-electron chi connectivity index (χ0n) is 11.0. The van der Waals surface area contributed by atoms with E-state index in [4.69, 9.17) is 0 Å². The Hall–Kier alpha value is -2.68. The molecule has 0 amide bonds. The fourth-order valence-electron chi connectivity index (χ4n) is 2.10. The maximum absolute atomic E-state index is 3.76. The van der Waals surface area contributed by atoms with Crippen molar-refractivity contribution in [2.45, 2.75) is 0 Å². The Balaban J connectivity index is 0.000000121. The van der Waals surface area contributed by atoms with E-state index in [0.717, 1.165) is 17.3 Å². The molecule has 3 aromatic rings. The minimum atomic E-state index is 0.955. The second-order valence-corrected chi connectivity index (χ2v) is 4.49. The maximum atomic E-state index is 3.76. The van der Waals surface area contributed by atoms with Gasteiger partial charge in [-0.1, -0.05) is 54.6 Å². The number of anilines is 1. The van der Waals surface area contributed by atoms with Gasteiger partial charge in [0, 0.05) is 23.0 Å². The predicted octanol–water partition coefficient (Wildman–Crippen LogP) is 3.76. The first-order valence-corrected chi connectivity index (χ1v) is 6.58. The monoisotopic (exact) mass is 261 g/mol. The molecule has 0 radical (unpaired) electrons. The van der Waals surface area contributed by atoms with Gasteiger partial charge in [-0.15, -0.1) is 0 Å². The fraction of sp³-hybridized carbons (Fsp3) is 0.0588. The molecule has 1 N–H and O–H groups in total. The minimum Gasteiger partial charge on any atom is -0.381 e. The quantitative estimate of drug-likeness (QED) is 0.669. The average Bonchev–Trinajstić information content (AvgIpc) is 2.56. The van der Waals surface area contributed by atoms with Crippen LogP contribution in [0.1, 0.15) is 5.56 Å². The van der Waals surface area contributed by atoms with Crippen LogP contribution in [0.25, 0.3) is 16.8 Å². The molecule has 0 saturated heterocycles. The summed E-state index contributed by atoms with van der Waals surface area (Å²) in [6.07, 6.45) is 7.79. The van der Waals surface area contributed by atoms with Gasteiger partial charge in [-0.3, -0.25) is 0 Å². The molecule has 2 aromatic carbocycles. The van der Waals surface area contributed by atoms with E-state index in [1.54, 1.807) is 12.4 Å². The molecule has 0 saturated carbocycles. The van der Waals surface area contributed by atoms with E-state index < -0.39 is 0 Å². The van der Waals surface area contributed by atoms with Crippen LogP contribution in [0.2, 0.25) is 0 Å². The lowest BCUT2D eigenvalue weighted by atomic mass is 10.1. The first-order chi connectivity index (χ1) is 9.93. The highest BCUT2D eigenvalue weighted by Gasteiger charge is 1.98. The van der Waals surface area contributed by atoms with E-state index in [1.807, 2.05) is 30.3 Å². The second-order valence-electron chi connectivity index (χ2n) is 4.49. The second kappa shape index (κ2) is 5.97. The van der Waals surface area contributed by atoms with Crippen molar-refractivity contribution in [2.24, 2.45) is 0 Å². The van der Waals surface area contributed by atoms with Crippen molar-refractivity contribution in [3.8, 4) is 0 Å². The molecule has 1 aromatic heterocycles. The van der Waals surface area contributed by atoms with Crippen LogP contribution in [0, 0.1) is 0 Å². The summed E-state index contributed by atoms with van der Waals surface area (Å²) in [6, 6.07) is 16.3. The topological polar surface area (TPSA) is 37.8 Å². The van der Waals surface area contributed by atoms with Crippen LogP contribution in [0.3, 0.4) is 0 Å². The normalized spacial score (nSPS) is 12.0. The summed E-state index contributed by atoms with van der Waals surface area (Å²) < 4.78 is 0. The largest absolute Gasteiger partial charge is 0.381 e. The molecule has 20 heavy (non-hydrogen) atoms. The molecule has 3 nitrogen and oxygen atoms in total. The molecule has 98 valence electrons. The summed E-state index contributed by atoms with van der Waals surface area (Å²) in [5, 5.41) is 13.1. The lowest BCUT2D eigenvalue weighted by molar-refractivity contribution is 1.05. The van der Waals surface area contributed by atoms with Gasteiger partial charge in [0.2, 0.25) is 0 Å². The molecule has 2 heterocycles. The number of rotatable bonds is 0. The third kappa shape index (κ3) is 2.83. The third-order valence-electron chi connectivity index (χ3n) is 3.12. The predicted molar refractivity (Wildman–Crippen MR) is 83.5 cm³/mol. The molecule has 0 unspecified atom stereocenters. The number of para-hydroxylation sites is 1. The van der Waals surface area contributed by atoms with Gasteiger partial charge in [0.05, 0.1) is 12.4 Å². The van der Waals surface area contributed by atoms with Gasteiger partial charge in [-0.05, 0) is 11.6 Å². The molecule has 0 fully saturated rings. The fourth-order valence-corrected chi connectivity index (χ4v) is 2.10. The van der Waals surface area contributed by atoms with E-state index in [9.17, 15) is 0 Å². The van der Waals surface area contributed by atoms with Crippen molar-refractivity contribution in [1.29, 1.82) is 0 Å². The van der Waals surface area contributed by atoms with E-state index in [2.05, 4.69) is 45.9 Å². The number of hydrogen-bond acceptors (Lipinski definition) is 3. The Morgan fingerprint density at radius 2 is 1.45 bits per heavy atom. The Kier molecular flexibility index (Phi) is 3.69. The van der Waals surface area contributed by atoms with Crippen LogP contribution >= 0.6 is 0 Å². The van der Waals surface area contributed by atoms with Crippen molar-refractivity contribution in [3.05, 3.63) is 72.6 Å². The molecule has 1 aliphatic heterocycles. The lowest BCUT2D eigenvalue weighted by Crippen LogP contribution is -2.03.